The van der Waals surface area contributed by atoms with E-state index in [9.17, 15) is 4.79 Å². The molecule has 0 saturated heterocycles. The fraction of sp³-hybridized carbons (Fsp3) is 0.429. The average molecular weight is 590 g/mol. The van der Waals surface area contributed by atoms with Gasteiger partial charge in [0.1, 0.15) is 0 Å². The van der Waals surface area contributed by atoms with Gasteiger partial charge in [-0.1, -0.05) is 41.5 Å². The number of hydrogen-bond donors (Lipinski definition) is 0. The van der Waals surface area contributed by atoms with Crippen molar-refractivity contribution >= 4 is 35.1 Å². The zero-order valence-corrected chi connectivity index (χ0v) is 27.2. The van der Waals surface area contributed by atoms with Crippen molar-refractivity contribution in [1.29, 1.82) is 0 Å². The molecule has 1 atom stereocenters. The highest BCUT2D eigenvalue weighted by atomic mass is 35.5. The van der Waals surface area contributed by atoms with Crippen LogP contribution in [0.5, 0.6) is 0 Å². The van der Waals surface area contributed by atoms with Gasteiger partial charge in [-0.2, -0.15) is 0 Å². The molecule has 0 saturated carbocycles. The van der Waals surface area contributed by atoms with Crippen molar-refractivity contribution in [3.05, 3.63) is 94.8 Å². The number of carbonyl (C=O) groups is 1. The molecule has 226 valence electrons. The Labute approximate surface area is 258 Å². The van der Waals surface area contributed by atoms with Gasteiger partial charge < -0.3 is 24.6 Å². The quantitative estimate of drug-likeness (QED) is 0.251. The normalized spacial score (nSPS) is 16.9. The van der Waals surface area contributed by atoms with Gasteiger partial charge in [0.2, 0.25) is 5.91 Å². The number of carbonyl (C=O) groups excluding carboxylic acids is 1. The predicted molar refractivity (Wildman–Crippen MR) is 181 cm³/mol. The second kappa shape index (κ2) is 16.3. The Bertz CT molecular complexity index is 1260. The minimum atomic E-state index is -0.168. The molecular formula is C35H48ClN5O. The van der Waals surface area contributed by atoms with Crippen molar-refractivity contribution in [2.24, 2.45) is 4.99 Å². The van der Waals surface area contributed by atoms with Crippen molar-refractivity contribution in [2.45, 2.75) is 58.5 Å². The molecule has 7 heteroatoms. The van der Waals surface area contributed by atoms with Gasteiger partial charge in [0.05, 0.1) is 6.04 Å². The third-order valence-electron chi connectivity index (χ3n) is 7.49. The summed E-state index contributed by atoms with van der Waals surface area (Å²) in [4.78, 5) is 26.7. The molecule has 0 aliphatic carbocycles. The highest BCUT2D eigenvalue weighted by Gasteiger charge is 2.27. The average Bonchev–Trinajstić information content (AvgIpc) is 2.96. The van der Waals surface area contributed by atoms with Crippen LogP contribution in [0.15, 0.2) is 89.2 Å². The first kappa shape index (κ1) is 33.2. The number of aliphatic imine (C=N–C) groups is 1. The minimum Gasteiger partial charge on any atom is -0.368 e. The highest BCUT2D eigenvalue weighted by Crippen LogP contribution is 2.34. The van der Waals surface area contributed by atoms with Gasteiger partial charge in [-0.15, -0.1) is 0 Å². The van der Waals surface area contributed by atoms with Crippen LogP contribution in [0.4, 0.5) is 11.4 Å². The summed E-state index contributed by atoms with van der Waals surface area (Å²) >= 11 is 6.28. The summed E-state index contributed by atoms with van der Waals surface area (Å²) < 4.78 is 0. The number of halogens is 1. The van der Waals surface area contributed by atoms with E-state index in [0.29, 0.717) is 30.3 Å². The first-order valence-corrected chi connectivity index (χ1v) is 15.2. The van der Waals surface area contributed by atoms with E-state index in [1.54, 1.807) is 7.05 Å². The van der Waals surface area contributed by atoms with Gasteiger partial charge >= 0.3 is 0 Å². The Hall–Kier alpha value is -3.35. The lowest BCUT2D eigenvalue weighted by Gasteiger charge is -2.35. The maximum absolute atomic E-state index is 13.8. The van der Waals surface area contributed by atoms with E-state index in [0.717, 1.165) is 36.4 Å². The SMILES string of the molecule is CN=CC/C(C)=C\N(C)c1ccc(N2C(=O)CCC=CC(N(CCN(C)C)C(C)C)=CCC2c2ccc(Cl)cc2)cc1. The Morgan fingerprint density at radius 3 is 2.38 bits per heavy atom. The molecular weight excluding hydrogens is 542 g/mol. The van der Waals surface area contributed by atoms with Gasteiger partial charge in [-0.25, -0.2) is 0 Å². The third-order valence-corrected chi connectivity index (χ3v) is 7.74. The lowest BCUT2D eigenvalue weighted by atomic mass is 9.98. The lowest BCUT2D eigenvalue weighted by Crippen LogP contribution is -2.37. The minimum absolute atomic E-state index is 0.112. The number of anilines is 2. The molecule has 1 aliphatic heterocycles. The van der Waals surface area contributed by atoms with Crippen LogP contribution < -0.4 is 9.80 Å². The first-order valence-electron chi connectivity index (χ1n) is 14.9. The van der Waals surface area contributed by atoms with Gasteiger partial charge in [0.25, 0.3) is 0 Å². The molecule has 0 bridgehead atoms. The molecule has 1 heterocycles. The molecule has 0 N–H and O–H groups in total. The van der Waals surface area contributed by atoms with E-state index in [4.69, 9.17) is 11.6 Å². The van der Waals surface area contributed by atoms with Crippen molar-refractivity contribution in [3.8, 4) is 0 Å². The van der Waals surface area contributed by atoms with E-state index >= 15 is 0 Å². The lowest BCUT2D eigenvalue weighted by molar-refractivity contribution is -0.119. The van der Waals surface area contributed by atoms with E-state index in [1.807, 2.05) is 42.4 Å². The van der Waals surface area contributed by atoms with Crippen LogP contribution >= 0.6 is 11.6 Å². The largest absolute Gasteiger partial charge is 0.368 e. The predicted octanol–water partition coefficient (Wildman–Crippen LogP) is 7.74. The number of benzene rings is 2. The molecule has 0 spiro atoms. The second-order valence-electron chi connectivity index (χ2n) is 11.5. The maximum atomic E-state index is 13.8. The first-order chi connectivity index (χ1) is 20.1. The Kier molecular flexibility index (Phi) is 12.9. The zero-order chi connectivity index (χ0) is 30.6. The molecule has 0 radical (unpaired) electrons. The molecule has 6 nitrogen and oxygen atoms in total. The second-order valence-corrected chi connectivity index (χ2v) is 11.9. The summed E-state index contributed by atoms with van der Waals surface area (Å²) in [6, 6.07) is 16.4. The molecule has 1 aliphatic rings. The van der Waals surface area contributed by atoms with Crippen molar-refractivity contribution in [1.82, 2.24) is 9.80 Å². The molecule has 1 amide bonds. The van der Waals surface area contributed by atoms with Crippen LogP contribution in [0.1, 0.15) is 58.1 Å². The van der Waals surface area contributed by atoms with Crippen LogP contribution in [0, 0.1) is 0 Å². The summed E-state index contributed by atoms with van der Waals surface area (Å²) in [7, 11) is 8.06. The van der Waals surface area contributed by atoms with Gasteiger partial charge in [0, 0.05) is 80.6 Å². The summed E-state index contributed by atoms with van der Waals surface area (Å²) in [5.41, 5.74) is 5.44. The molecule has 3 rings (SSSR count). The number of likely N-dealkylation sites (N-methyl/N-ethyl adjacent to an activating group) is 1. The Balaban J connectivity index is 2.02. The van der Waals surface area contributed by atoms with E-state index in [1.165, 1.54) is 11.3 Å². The number of nitrogens with zero attached hydrogens (tertiary/aromatic N) is 5. The van der Waals surface area contributed by atoms with E-state index < -0.39 is 0 Å². The van der Waals surface area contributed by atoms with Gasteiger partial charge in [-0.05, 0) is 95.7 Å². The van der Waals surface area contributed by atoms with Crippen molar-refractivity contribution < 1.29 is 4.79 Å². The fourth-order valence-electron chi connectivity index (χ4n) is 5.15. The van der Waals surface area contributed by atoms with Crippen molar-refractivity contribution in [3.63, 3.8) is 0 Å². The van der Waals surface area contributed by atoms with Crippen LogP contribution in [-0.2, 0) is 4.79 Å². The number of amides is 1. The Morgan fingerprint density at radius 2 is 1.76 bits per heavy atom. The number of hydrogen-bond acceptors (Lipinski definition) is 5. The number of rotatable bonds is 11. The van der Waals surface area contributed by atoms with E-state index in [-0.39, 0.29) is 11.9 Å². The fourth-order valence-corrected chi connectivity index (χ4v) is 5.28. The third kappa shape index (κ3) is 9.60. The zero-order valence-electron chi connectivity index (χ0n) is 26.4. The molecule has 2 aromatic rings. The molecule has 42 heavy (non-hydrogen) atoms. The van der Waals surface area contributed by atoms with Crippen LogP contribution in [0.2, 0.25) is 5.02 Å². The highest BCUT2D eigenvalue weighted by molar-refractivity contribution is 6.30. The number of allylic oxidation sites excluding steroid dienone is 3. The van der Waals surface area contributed by atoms with Crippen LogP contribution in [0.3, 0.4) is 0 Å². The van der Waals surface area contributed by atoms with Crippen LogP contribution in [-0.4, -0.2) is 69.2 Å². The standard InChI is InChI=1S/C35H48ClN5O/c1-27(2)40(25-24-38(5)6)32-10-8-9-11-35(42)41(34(21-20-32)29-12-14-30(36)15-13-29)33-18-16-31(17-19-33)39(7)26-28(3)22-23-37-4/h8,10,12-20,23,26-27,34H,9,11,21-22,24-25H2,1-7H3/b10-8?,28-26-,32-20?,37-23?. The smallest absolute Gasteiger partial charge is 0.227 e. The Morgan fingerprint density at radius 1 is 1.07 bits per heavy atom. The van der Waals surface area contributed by atoms with Gasteiger partial charge in [0.15, 0.2) is 0 Å². The summed E-state index contributed by atoms with van der Waals surface area (Å²) in [5, 5.41) is 0.686. The van der Waals surface area contributed by atoms with Crippen LogP contribution in [0.25, 0.3) is 0 Å². The molecule has 1 unspecified atom stereocenters. The summed E-state index contributed by atoms with van der Waals surface area (Å²) in [6.45, 7) is 8.48. The monoisotopic (exact) mass is 589 g/mol. The summed E-state index contributed by atoms with van der Waals surface area (Å²) in [5.74, 6) is 0.112. The molecule has 0 aromatic heterocycles. The maximum Gasteiger partial charge on any atom is 0.227 e. The molecule has 2 aromatic carbocycles. The van der Waals surface area contributed by atoms with Gasteiger partial charge in [-0.3, -0.25) is 4.79 Å². The summed E-state index contributed by atoms with van der Waals surface area (Å²) in [6.07, 6.45) is 13.3. The van der Waals surface area contributed by atoms with Crippen molar-refractivity contribution in [2.75, 3.05) is 51.1 Å². The van der Waals surface area contributed by atoms with E-state index in [2.05, 4.69) is 103 Å². The topological polar surface area (TPSA) is 42.4 Å². The molecule has 0 fully saturated rings.